The number of anilines is 1. The van der Waals surface area contributed by atoms with Crippen LogP contribution in [0.15, 0.2) is 42.5 Å². The van der Waals surface area contributed by atoms with Crippen LogP contribution in [0.4, 0.5) is 5.69 Å². The molecule has 0 amide bonds. The molecular weight excluding hydrogens is 302 g/mol. The summed E-state index contributed by atoms with van der Waals surface area (Å²) in [4.78, 5) is 2.06. The molecule has 0 spiro atoms. The largest absolute Gasteiger partial charge is 0.457 e. The van der Waals surface area contributed by atoms with Gasteiger partial charge < -0.3 is 9.64 Å². The van der Waals surface area contributed by atoms with E-state index in [0.29, 0.717) is 0 Å². The molecule has 0 radical (unpaired) electrons. The minimum atomic E-state index is 0.862. The van der Waals surface area contributed by atoms with Crippen molar-refractivity contribution < 1.29 is 4.74 Å². The number of rotatable bonds is 4. The molecule has 0 bridgehead atoms. The standard InChI is InChI=1S/C16H18BrNO/c1-12-9-13(11-17)7-8-16(12)19-15-6-4-5-14(10-15)18(2)3/h4-10H,11H2,1-3H3. The zero-order valence-corrected chi connectivity index (χ0v) is 13.1. The zero-order chi connectivity index (χ0) is 13.8. The lowest BCUT2D eigenvalue weighted by molar-refractivity contribution is 0.479. The van der Waals surface area contributed by atoms with Crippen LogP contribution in [0, 0.1) is 6.92 Å². The van der Waals surface area contributed by atoms with Gasteiger partial charge in [0.15, 0.2) is 0 Å². The Morgan fingerprint density at radius 2 is 1.89 bits per heavy atom. The molecule has 0 saturated heterocycles. The average molecular weight is 320 g/mol. The molecule has 2 rings (SSSR count). The molecule has 0 aliphatic rings. The molecule has 0 unspecified atom stereocenters. The maximum atomic E-state index is 5.96. The van der Waals surface area contributed by atoms with Crippen LogP contribution in [0.3, 0.4) is 0 Å². The van der Waals surface area contributed by atoms with Crippen LogP contribution in [0.5, 0.6) is 11.5 Å². The van der Waals surface area contributed by atoms with Gasteiger partial charge in [0.1, 0.15) is 11.5 Å². The number of ether oxygens (including phenoxy) is 1. The summed E-state index contributed by atoms with van der Waals surface area (Å²) in [7, 11) is 4.05. The van der Waals surface area contributed by atoms with Gasteiger partial charge in [-0.3, -0.25) is 0 Å². The quantitative estimate of drug-likeness (QED) is 0.754. The van der Waals surface area contributed by atoms with Gasteiger partial charge in [-0.15, -0.1) is 0 Å². The summed E-state index contributed by atoms with van der Waals surface area (Å²) >= 11 is 3.46. The van der Waals surface area contributed by atoms with Crippen molar-refractivity contribution in [2.75, 3.05) is 19.0 Å². The molecule has 2 nitrogen and oxygen atoms in total. The highest BCUT2D eigenvalue weighted by molar-refractivity contribution is 9.08. The summed E-state index contributed by atoms with van der Waals surface area (Å²) in [6, 6.07) is 14.3. The molecular formula is C16H18BrNO. The summed E-state index contributed by atoms with van der Waals surface area (Å²) in [6.45, 7) is 2.07. The molecule has 0 aliphatic carbocycles. The first-order valence-corrected chi connectivity index (χ1v) is 7.33. The van der Waals surface area contributed by atoms with Crippen molar-refractivity contribution >= 4 is 21.6 Å². The van der Waals surface area contributed by atoms with Gasteiger partial charge in [0.05, 0.1) is 0 Å². The fourth-order valence-electron chi connectivity index (χ4n) is 1.86. The number of nitrogens with zero attached hydrogens (tertiary/aromatic N) is 1. The van der Waals surface area contributed by atoms with Gasteiger partial charge in [-0.25, -0.2) is 0 Å². The molecule has 19 heavy (non-hydrogen) atoms. The van der Waals surface area contributed by atoms with E-state index in [1.54, 1.807) is 0 Å². The Kier molecular flexibility index (Phi) is 4.48. The fourth-order valence-corrected chi connectivity index (χ4v) is 2.21. The van der Waals surface area contributed by atoms with Gasteiger partial charge in [-0.1, -0.05) is 34.1 Å². The predicted octanol–water partition coefficient (Wildman–Crippen LogP) is 4.75. The number of halogens is 1. The SMILES string of the molecule is Cc1cc(CBr)ccc1Oc1cccc(N(C)C)c1. The molecule has 2 aromatic rings. The van der Waals surface area contributed by atoms with Gasteiger partial charge in [-0.2, -0.15) is 0 Å². The van der Waals surface area contributed by atoms with Gasteiger partial charge in [0.25, 0.3) is 0 Å². The number of hydrogen-bond acceptors (Lipinski definition) is 2. The first-order chi connectivity index (χ1) is 9.10. The van der Waals surface area contributed by atoms with Crippen LogP contribution >= 0.6 is 15.9 Å². The van der Waals surface area contributed by atoms with E-state index in [1.807, 2.05) is 38.4 Å². The highest BCUT2D eigenvalue weighted by Gasteiger charge is 2.04. The molecule has 0 saturated carbocycles. The van der Waals surface area contributed by atoms with Gasteiger partial charge >= 0.3 is 0 Å². The lowest BCUT2D eigenvalue weighted by Crippen LogP contribution is -2.08. The predicted molar refractivity (Wildman–Crippen MR) is 84.7 cm³/mol. The van der Waals surface area contributed by atoms with E-state index in [0.717, 1.165) is 28.1 Å². The van der Waals surface area contributed by atoms with Crippen molar-refractivity contribution in [3.05, 3.63) is 53.6 Å². The van der Waals surface area contributed by atoms with Gasteiger partial charge in [0.2, 0.25) is 0 Å². The molecule has 3 heteroatoms. The Hall–Kier alpha value is -1.48. The van der Waals surface area contributed by atoms with E-state index in [9.17, 15) is 0 Å². The Labute approximate surface area is 123 Å². The summed E-state index contributed by atoms with van der Waals surface area (Å²) in [5.74, 6) is 1.77. The Morgan fingerprint density at radius 1 is 1.11 bits per heavy atom. The lowest BCUT2D eigenvalue weighted by atomic mass is 10.1. The third kappa shape index (κ3) is 3.51. The molecule has 2 aromatic carbocycles. The number of hydrogen-bond donors (Lipinski definition) is 0. The second kappa shape index (κ2) is 6.11. The monoisotopic (exact) mass is 319 g/mol. The average Bonchev–Trinajstić information content (AvgIpc) is 2.41. The van der Waals surface area contributed by atoms with Crippen LogP contribution in [0.1, 0.15) is 11.1 Å². The highest BCUT2D eigenvalue weighted by atomic mass is 79.9. The first kappa shape index (κ1) is 13.9. The molecule has 0 aliphatic heterocycles. The van der Waals surface area contributed by atoms with Crippen LogP contribution in [-0.2, 0) is 5.33 Å². The molecule has 0 atom stereocenters. The Balaban J connectivity index is 2.23. The Bertz CT molecular complexity index is 566. The molecule has 0 N–H and O–H groups in total. The minimum Gasteiger partial charge on any atom is -0.457 e. The lowest BCUT2D eigenvalue weighted by Gasteiger charge is -2.15. The topological polar surface area (TPSA) is 12.5 Å². The molecule has 100 valence electrons. The van der Waals surface area contributed by atoms with E-state index < -0.39 is 0 Å². The molecule has 0 heterocycles. The van der Waals surface area contributed by atoms with Crippen LogP contribution in [0.2, 0.25) is 0 Å². The van der Waals surface area contributed by atoms with E-state index >= 15 is 0 Å². The van der Waals surface area contributed by atoms with Crippen molar-refractivity contribution in [2.24, 2.45) is 0 Å². The Morgan fingerprint density at radius 3 is 2.53 bits per heavy atom. The number of benzene rings is 2. The van der Waals surface area contributed by atoms with Gasteiger partial charge in [0, 0.05) is 31.2 Å². The summed E-state index contributed by atoms with van der Waals surface area (Å²) in [5.41, 5.74) is 3.53. The van der Waals surface area contributed by atoms with Crippen molar-refractivity contribution in [3.8, 4) is 11.5 Å². The zero-order valence-electron chi connectivity index (χ0n) is 11.5. The van der Waals surface area contributed by atoms with Crippen molar-refractivity contribution in [2.45, 2.75) is 12.3 Å². The second-order valence-corrected chi connectivity index (χ2v) is 5.29. The third-order valence-corrected chi connectivity index (χ3v) is 3.60. The normalized spacial score (nSPS) is 10.3. The number of aryl methyl sites for hydroxylation is 1. The summed E-state index contributed by atoms with van der Waals surface area (Å²) < 4.78 is 5.96. The van der Waals surface area contributed by atoms with Gasteiger partial charge in [-0.05, 0) is 36.2 Å². The van der Waals surface area contributed by atoms with Crippen molar-refractivity contribution in [3.63, 3.8) is 0 Å². The summed E-state index contributed by atoms with van der Waals surface area (Å²) in [5, 5.41) is 0.865. The van der Waals surface area contributed by atoms with E-state index in [2.05, 4.69) is 46.0 Å². The smallest absolute Gasteiger partial charge is 0.130 e. The maximum Gasteiger partial charge on any atom is 0.130 e. The number of alkyl halides is 1. The van der Waals surface area contributed by atoms with Crippen LogP contribution < -0.4 is 9.64 Å². The van der Waals surface area contributed by atoms with Crippen molar-refractivity contribution in [1.29, 1.82) is 0 Å². The molecule has 0 fully saturated rings. The summed E-state index contributed by atoms with van der Waals surface area (Å²) in [6.07, 6.45) is 0. The minimum absolute atomic E-state index is 0.862. The highest BCUT2D eigenvalue weighted by Crippen LogP contribution is 2.28. The van der Waals surface area contributed by atoms with Crippen LogP contribution in [-0.4, -0.2) is 14.1 Å². The first-order valence-electron chi connectivity index (χ1n) is 6.21. The van der Waals surface area contributed by atoms with E-state index in [1.165, 1.54) is 5.56 Å². The fraction of sp³-hybridized carbons (Fsp3) is 0.250. The van der Waals surface area contributed by atoms with E-state index in [-0.39, 0.29) is 0 Å². The third-order valence-electron chi connectivity index (χ3n) is 2.96. The molecule has 0 aromatic heterocycles. The van der Waals surface area contributed by atoms with E-state index in [4.69, 9.17) is 4.74 Å². The van der Waals surface area contributed by atoms with Crippen molar-refractivity contribution in [1.82, 2.24) is 0 Å². The van der Waals surface area contributed by atoms with Crippen LogP contribution in [0.25, 0.3) is 0 Å². The maximum absolute atomic E-state index is 5.96. The second-order valence-electron chi connectivity index (χ2n) is 4.73.